The molecule has 0 amide bonds. The van der Waals surface area contributed by atoms with Crippen molar-refractivity contribution in [2.24, 2.45) is 5.92 Å². The second-order valence-corrected chi connectivity index (χ2v) is 6.22. The summed E-state index contributed by atoms with van der Waals surface area (Å²) in [6, 6.07) is 6.55. The SMILES string of the molecule is Cc1cc(C)c2ncc(C#N)c(N3CCC(CO)CC3)c2c1. The number of aliphatic hydroxyl groups excluding tert-OH is 1. The van der Waals surface area contributed by atoms with Gasteiger partial charge in [-0.3, -0.25) is 4.98 Å². The monoisotopic (exact) mass is 295 g/mol. The molecule has 2 heterocycles. The molecule has 4 heteroatoms. The van der Waals surface area contributed by atoms with Gasteiger partial charge < -0.3 is 10.0 Å². The van der Waals surface area contributed by atoms with Crippen LogP contribution >= 0.6 is 0 Å². The van der Waals surface area contributed by atoms with Crippen LogP contribution in [-0.4, -0.2) is 29.8 Å². The lowest BCUT2D eigenvalue weighted by molar-refractivity contribution is 0.203. The van der Waals surface area contributed by atoms with Crippen molar-refractivity contribution in [1.29, 1.82) is 5.26 Å². The highest BCUT2D eigenvalue weighted by Crippen LogP contribution is 2.34. The highest BCUT2D eigenvalue weighted by atomic mass is 16.3. The number of benzene rings is 1. The van der Waals surface area contributed by atoms with Crippen molar-refractivity contribution in [2.45, 2.75) is 26.7 Å². The molecule has 1 fully saturated rings. The molecule has 1 aliphatic rings. The topological polar surface area (TPSA) is 60.2 Å². The Bertz CT molecular complexity index is 740. The molecule has 0 aliphatic carbocycles. The maximum absolute atomic E-state index is 9.49. The van der Waals surface area contributed by atoms with Gasteiger partial charge in [-0.2, -0.15) is 5.26 Å². The Hall–Kier alpha value is -2.12. The minimum Gasteiger partial charge on any atom is -0.396 e. The second kappa shape index (κ2) is 5.94. The minimum atomic E-state index is 0.258. The van der Waals surface area contributed by atoms with Gasteiger partial charge in [-0.05, 0) is 44.2 Å². The minimum absolute atomic E-state index is 0.258. The van der Waals surface area contributed by atoms with Gasteiger partial charge in [0.1, 0.15) is 6.07 Å². The molecule has 0 bridgehead atoms. The standard InChI is InChI=1S/C18H21N3O/c1-12-7-13(2)17-16(8-12)18(15(9-19)10-20-17)21-5-3-14(11-22)4-6-21/h7-8,10,14,22H,3-6,11H2,1-2H3. The summed E-state index contributed by atoms with van der Waals surface area (Å²) in [5, 5.41) is 19.9. The van der Waals surface area contributed by atoms with Crippen LogP contribution in [0.1, 0.15) is 29.5 Å². The van der Waals surface area contributed by atoms with Crippen LogP contribution in [0.25, 0.3) is 10.9 Å². The van der Waals surface area contributed by atoms with E-state index < -0.39 is 0 Å². The van der Waals surface area contributed by atoms with E-state index in [0.717, 1.165) is 48.1 Å². The third kappa shape index (κ3) is 2.53. The number of rotatable bonds is 2. The van der Waals surface area contributed by atoms with Crippen molar-refractivity contribution in [1.82, 2.24) is 4.98 Å². The maximum Gasteiger partial charge on any atom is 0.103 e. The van der Waals surface area contributed by atoms with Crippen molar-refractivity contribution in [3.63, 3.8) is 0 Å². The number of nitrogens with zero attached hydrogens (tertiary/aromatic N) is 3. The molecular formula is C18H21N3O. The number of piperidine rings is 1. The average molecular weight is 295 g/mol. The smallest absolute Gasteiger partial charge is 0.103 e. The highest BCUT2D eigenvalue weighted by Gasteiger charge is 2.23. The van der Waals surface area contributed by atoms with Crippen LogP contribution in [0.5, 0.6) is 0 Å². The van der Waals surface area contributed by atoms with Gasteiger partial charge in [0, 0.05) is 31.3 Å². The van der Waals surface area contributed by atoms with Crippen molar-refractivity contribution < 1.29 is 5.11 Å². The lowest BCUT2D eigenvalue weighted by Gasteiger charge is -2.34. The predicted molar refractivity (Wildman–Crippen MR) is 88.0 cm³/mol. The van der Waals surface area contributed by atoms with Gasteiger partial charge in [0.2, 0.25) is 0 Å². The van der Waals surface area contributed by atoms with Crippen molar-refractivity contribution in [3.05, 3.63) is 35.0 Å². The van der Waals surface area contributed by atoms with Gasteiger partial charge in [0.15, 0.2) is 0 Å². The first kappa shape index (κ1) is 14.8. The Morgan fingerprint density at radius 1 is 1.32 bits per heavy atom. The Balaban J connectivity index is 2.13. The van der Waals surface area contributed by atoms with Crippen molar-refractivity contribution in [3.8, 4) is 6.07 Å². The van der Waals surface area contributed by atoms with Gasteiger partial charge >= 0.3 is 0 Å². The molecule has 0 atom stereocenters. The fraction of sp³-hybridized carbons (Fsp3) is 0.444. The number of aliphatic hydroxyl groups is 1. The van der Waals surface area contributed by atoms with E-state index >= 15 is 0 Å². The summed E-state index contributed by atoms with van der Waals surface area (Å²) in [6.45, 7) is 6.16. The zero-order chi connectivity index (χ0) is 15.7. The van der Waals surface area contributed by atoms with Crippen LogP contribution in [0, 0.1) is 31.1 Å². The summed E-state index contributed by atoms with van der Waals surface area (Å²) in [6.07, 6.45) is 3.63. The predicted octanol–water partition coefficient (Wildman–Crippen LogP) is 2.93. The van der Waals surface area contributed by atoms with Crippen LogP contribution in [0.3, 0.4) is 0 Å². The Morgan fingerprint density at radius 2 is 2.05 bits per heavy atom. The number of hydrogen-bond acceptors (Lipinski definition) is 4. The molecule has 4 nitrogen and oxygen atoms in total. The van der Waals surface area contributed by atoms with Crippen LogP contribution < -0.4 is 4.90 Å². The highest BCUT2D eigenvalue weighted by molar-refractivity contribution is 5.96. The summed E-state index contributed by atoms with van der Waals surface area (Å²) < 4.78 is 0. The van der Waals surface area contributed by atoms with Gasteiger partial charge in [-0.15, -0.1) is 0 Å². The summed E-state index contributed by atoms with van der Waals surface area (Å²) in [5.74, 6) is 0.387. The number of aromatic nitrogens is 1. The molecule has 2 aromatic rings. The number of nitriles is 1. The molecule has 0 unspecified atom stereocenters. The third-order valence-corrected chi connectivity index (χ3v) is 4.59. The Labute approximate surface area is 131 Å². The number of fused-ring (bicyclic) bond motifs is 1. The van der Waals surface area contributed by atoms with E-state index in [1.807, 2.05) is 0 Å². The van der Waals surface area contributed by atoms with Crippen LogP contribution in [0.15, 0.2) is 18.3 Å². The molecule has 1 saturated heterocycles. The van der Waals surface area contributed by atoms with E-state index in [1.54, 1.807) is 6.20 Å². The third-order valence-electron chi connectivity index (χ3n) is 4.59. The maximum atomic E-state index is 9.49. The number of anilines is 1. The summed E-state index contributed by atoms with van der Waals surface area (Å²) >= 11 is 0. The van der Waals surface area contributed by atoms with Gasteiger partial charge in [-0.1, -0.05) is 11.6 Å². The van der Waals surface area contributed by atoms with Crippen LogP contribution in [0.2, 0.25) is 0 Å². The van der Waals surface area contributed by atoms with Crippen LogP contribution in [0.4, 0.5) is 5.69 Å². The zero-order valence-electron chi connectivity index (χ0n) is 13.1. The van der Waals surface area contributed by atoms with Gasteiger partial charge in [0.25, 0.3) is 0 Å². The number of pyridine rings is 1. The van der Waals surface area contributed by atoms with E-state index in [4.69, 9.17) is 0 Å². The van der Waals surface area contributed by atoms with Crippen LogP contribution in [-0.2, 0) is 0 Å². The molecule has 22 heavy (non-hydrogen) atoms. The van der Waals surface area contributed by atoms with Crippen molar-refractivity contribution >= 4 is 16.6 Å². The zero-order valence-corrected chi connectivity index (χ0v) is 13.1. The average Bonchev–Trinajstić information content (AvgIpc) is 2.53. The van der Waals surface area contributed by atoms with Gasteiger partial charge in [0.05, 0.1) is 16.8 Å². The quantitative estimate of drug-likeness (QED) is 0.925. The van der Waals surface area contributed by atoms with Gasteiger partial charge in [-0.25, -0.2) is 0 Å². The second-order valence-electron chi connectivity index (χ2n) is 6.22. The van der Waals surface area contributed by atoms with E-state index in [9.17, 15) is 10.4 Å². The molecule has 1 aromatic carbocycles. The molecule has 114 valence electrons. The molecule has 1 aromatic heterocycles. The van der Waals surface area contributed by atoms with E-state index in [0.29, 0.717) is 11.5 Å². The fourth-order valence-electron chi connectivity index (χ4n) is 3.41. The Morgan fingerprint density at radius 3 is 2.68 bits per heavy atom. The first-order chi connectivity index (χ1) is 10.6. The normalized spacial score (nSPS) is 16.0. The van der Waals surface area contributed by atoms with E-state index in [1.165, 1.54) is 5.56 Å². The first-order valence-corrected chi connectivity index (χ1v) is 7.80. The number of hydrogen-bond donors (Lipinski definition) is 1. The Kier molecular flexibility index (Phi) is 4.00. The first-order valence-electron chi connectivity index (χ1n) is 7.80. The molecule has 1 N–H and O–H groups in total. The molecule has 0 spiro atoms. The number of aryl methyl sites for hydroxylation is 2. The molecule has 3 rings (SSSR count). The summed E-state index contributed by atoms with van der Waals surface area (Å²) in [5.41, 5.74) is 4.96. The molecular weight excluding hydrogens is 274 g/mol. The summed E-state index contributed by atoms with van der Waals surface area (Å²) in [7, 11) is 0. The van der Waals surface area contributed by atoms with E-state index in [2.05, 4.69) is 41.9 Å². The lowest BCUT2D eigenvalue weighted by atomic mass is 9.95. The summed E-state index contributed by atoms with van der Waals surface area (Å²) in [4.78, 5) is 6.78. The largest absolute Gasteiger partial charge is 0.396 e. The lowest BCUT2D eigenvalue weighted by Crippen LogP contribution is -2.35. The molecule has 0 saturated carbocycles. The fourth-order valence-corrected chi connectivity index (χ4v) is 3.41. The molecule has 0 radical (unpaired) electrons. The molecule has 1 aliphatic heterocycles. The van der Waals surface area contributed by atoms with Crippen molar-refractivity contribution in [2.75, 3.05) is 24.6 Å². The van der Waals surface area contributed by atoms with E-state index in [-0.39, 0.29) is 6.61 Å².